The van der Waals surface area contributed by atoms with Crippen molar-refractivity contribution in [2.24, 2.45) is 0 Å². The van der Waals surface area contributed by atoms with Crippen molar-refractivity contribution in [1.82, 2.24) is 20.0 Å². The van der Waals surface area contributed by atoms with Gasteiger partial charge in [0.25, 0.3) is 0 Å². The Balaban J connectivity index is 1.34. The Bertz CT molecular complexity index is 1130. The number of carbonyl (C=O) groups excluding carboxylic acids is 1. The van der Waals surface area contributed by atoms with E-state index >= 15 is 0 Å². The van der Waals surface area contributed by atoms with Gasteiger partial charge in [-0.1, -0.05) is 19.1 Å². The van der Waals surface area contributed by atoms with E-state index in [-0.39, 0.29) is 30.1 Å². The molecule has 1 aliphatic rings. The van der Waals surface area contributed by atoms with Gasteiger partial charge in [0, 0.05) is 60.9 Å². The minimum absolute atomic E-state index is 0.167. The number of fused-ring (bicyclic) bond motifs is 1. The van der Waals surface area contributed by atoms with E-state index in [9.17, 15) is 18.0 Å². The second kappa shape index (κ2) is 10.8. The monoisotopic (exact) mass is 491 g/mol. The maximum atomic E-state index is 13.8. The van der Waals surface area contributed by atoms with E-state index in [2.05, 4.69) is 27.3 Å². The van der Waals surface area contributed by atoms with E-state index < -0.39 is 11.7 Å². The van der Waals surface area contributed by atoms with Gasteiger partial charge in [0.05, 0.1) is 17.3 Å². The molecule has 0 saturated carbocycles. The number of H-pyrrole nitrogens is 1. The number of carbonyl (C=O) groups is 1. The molecule has 2 N–H and O–H groups in total. The minimum atomic E-state index is -4.48. The van der Waals surface area contributed by atoms with Gasteiger partial charge in [0.15, 0.2) is 0 Å². The number of thioether (sulfide) groups is 1. The highest BCUT2D eigenvalue weighted by Gasteiger charge is 2.34. The quantitative estimate of drug-likeness (QED) is 0.442. The predicted octanol–water partition coefficient (Wildman–Crippen LogP) is 4.84. The van der Waals surface area contributed by atoms with Gasteiger partial charge < -0.3 is 10.2 Å². The topological polar surface area (TPSA) is 64.3 Å². The van der Waals surface area contributed by atoms with Crippen LogP contribution in [0.2, 0.25) is 0 Å². The molecule has 2 heterocycles. The SMILES string of the molecule is CCN1CCN(Cc2ccc(NC(=O)CCSc3ccc4cn[nH]c4c3)cc2C(F)(F)F)CC1. The van der Waals surface area contributed by atoms with Crippen LogP contribution >= 0.6 is 11.8 Å². The summed E-state index contributed by atoms with van der Waals surface area (Å²) in [6.45, 7) is 6.50. The zero-order valence-electron chi connectivity index (χ0n) is 19.0. The smallest absolute Gasteiger partial charge is 0.326 e. The Morgan fingerprint density at radius 2 is 1.88 bits per heavy atom. The van der Waals surface area contributed by atoms with Gasteiger partial charge in [-0.2, -0.15) is 18.3 Å². The molecule has 0 aliphatic carbocycles. The van der Waals surface area contributed by atoms with Gasteiger partial charge in [-0.3, -0.25) is 14.8 Å². The highest BCUT2D eigenvalue weighted by molar-refractivity contribution is 7.99. The number of rotatable bonds is 8. The summed E-state index contributed by atoms with van der Waals surface area (Å²) in [6, 6.07) is 9.96. The molecule has 4 rings (SSSR count). The molecule has 1 aliphatic heterocycles. The summed E-state index contributed by atoms with van der Waals surface area (Å²) >= 11 is 1.51. The number of hydrogen-bond acceptors (Lipinski definition) is 5. The van der Waals surface area contributed by atoms with Crippen LogP contribution in [-0.2, 0) is 17.5 Å². The first-order valence-corrected chi connectivity index (χ1v) is 12.3. The van der Waals surface area contributed by atoms with Crippen LogP contribution in [0.4, 0.5) is 18.9 Å². The van der Waals surface area contributed by atoms with Crippen molar-refractivity contribution in [3.63, 3.8) is 0 Å². The Morgan fingerprint density at radius 3 is 2.62 bits per heavy atom. The third-order valence-corrected chi connectivity index (χ3v) is 7.01. The molecule has 0 unspecified atom stereocenters. The summed E-state index contributed by atoms with van der Waals surface area (Å²) in [5.74, 6) is 0.200. The lowest BCUT2D eigenvalue weighted by Gasteiger charge is -2.34. The third-order valence-electron chi connectivity index (χ3n) is 6.02. The molecule has 1 aromatic heterocycles. The third kappa shape index (κ3) is 6.31. The van der Waals surface area contributed by atoms with Gasteiger partial charge in [0.1, 0.15) is 0 Å². The van der Waals surface area contributed by atoms with Gasteiger partial charge >= 0.3 is 6.18 Å². The molecule has 0 spiro atoms. The number of aromatic amines is 1. The van der Waals surface area contributed by atoms with Crippen LogP contribution in [0.5, 0.6) is 0 Å². The molecule has 2 aromatic carbocycles. The molecule has 6 nitrogen and oxygen atoms in total. The number of piperazine rings is 1. The maximum Gasteiger partial charge on any atom is 0.416 e. The van der Waals surface area contributed by atoms with Crippen LogP contribution in [0.1, 0.15) is 24.5 Å². The molecule has 182 valence electrons. The highest BCUT2D eigenvalue weighted by atomic mass is 32.2. The summed E-state index contributed by atoms with van der Waals surface area (Å²) in [5.41, 5.74) is 0.632. The second-order valence-corrected chi connectivity index (χ2v) is 9.51. The molecule has 3 aromatic rings. The number of nitrogens with one attached hydrogen (secondary N) is 2. The number of amides is 1. The first-order chi connectivity index (χ1) is 16.3. The number of aromatic nitrogens is 2. The standard InChI is InChI=1S/C24H28F3N5OS/c1-2-31-8-10-32(11-9-31)16-18-3-5-19(13-21(18)24(25,26)27)29-23(33)7-12-34-20-6-4-17-15-28-30-22(17)14-20/h3-6,13-15H,2,7-12,16H2,1H3,(H,28,30)(H,29,33). The molecule has 1 amide bonds. The van der Waals surface area contributed by atoms with Crippen LogP contribution in [-0.4, -0.2) is 64.4 Å². The lowest BCUT2D eigenvalue weighted by Crippen LogP contribution is -2.45. The van der Waals surface area contributed by atoms with Gasteiger partial charge in [-0.25, -0.2) is 0 Å². The summed E-state index contributed by atoms with van der Waals surface area (Å²) < 4.78 is 41.3. The Morgan fingerprint density at radius 1 is 1.12 bits per heavy atom. The van der Waals surface area contributed by atoms with Crippen molar-refractivity contribution < 1.29 is 18.0 Å². The molecule has 0 atom stereocenters. The first-order valence-electron chi connectivity index (χ1n) is 11.3. The molecule has 1 saturated heterocycles. The predicted molar refractivity (Wildman–Crippen MR) is 129 cm³/mol. The minimum Gasteiger partial charge on any atom is -0.326 e. The Hall–Kier alpha value is -2.56. The lowest BCUT2D eigenvalue weighted by atomic mass is 10.0. The van der Waals surface area contributed by atoms with Crippen molar-refractivity contribution in [3.05, 3.63) is 53.7 Å². The largest absolute Gasteiger partial charge is 0.416 e. The molecule has 0 bridgehead atoms. The molecule has 10 heteroatoms. The molecule has 34 heavy (non-hydrogen) atoms. The van der Waals surface area contributed by atoms with E-state index in [0.29, 0.717) is 5.75 Å². The van der Waals surface area contributed by atoms with E-state index in [0.717, 1.165) is 54.6 Å². The van der Waals surface area contributed by atoms with Crippen molar-refractivity contribution in [2.45, 2.75) is 31.0 Å². The van der Waals surface area contributed by atoms with Crippen LogP contribution in [0.25, 0.3) is 10.9 Å². The fraction of sp³-hybridized carbons (Fsp3) is 0.417. The number of benzene rings is 2. The number of hydrogen-bond donors (Lipinski definition) is 2. The number of likely N-dealkylation sites (N-methyl/N-ethyl adjacent to an activating group) is 1. The van der Waals surface area contributed by atoms with E-state index in [1.807, 2.05) is 23.1 Å². The average molecular weight is 492 g/mol. The van der Waals surface area contributed by atoms with E-state index in [4.69, 9.17) is 0 Å². The van der Waals surface area contributed by atoms with Crippen LogP contribution < -0.4 is 5.32 Å². The summed E-state index contributed by atoms with van der Waals surface area (Å²) in [6.07, 6.45) is -2.55. The highest BCUT2D eigenvalue weighted by Crippen LogP contribution is 2.34. The first kappa shape index (κ1) is 24.6. The number of alkyl halides is 3. The van der Waals surface area contributed by atoms with E-state index in [1.54, 1.807) is 12.3 Å². The van der Waals surface area contributed by atoms with Crippen molar-refractivity contribution in [1.29, 1.82) is 0 Å². The van der Waals surface area contributed by atoms with Gasteiger partial charge in [0.2, 0.25) is 5.91 Å². The lowest BCUT2D eigenvalue weighted by molar-refractivity contribution is -0.138. The van der Waals surface area contributed by atoms with Gasteiger partial charge in [-0.05, 0) is 36.4 Å². The summed E-state index contributed by atoms with van der Waals surface area (Å²) in [7, 11) is 0. The number of anilines is 1. The second-order valence-electron chi connectivity index (χ2n) is 8.35. The van der Waals surface area contributed by atoms with Crippen LogP contribution in [0.3, 0.4) is 0 Å². The van der Waals surface area contributed by atoms with E-state index in [1.165, 1.54) is 17.8 Å². The number of halogens is 3. The Labute approximate surface area is 200 Å². The van der Waals surface area contributed by atoms with Gasteiger partial charge in [-0.15, -0.1) is 11.8 Å². The molecular weight excluding hydrogens is 463 g/mol. The van der Waals surface area contributed by atoms with Crippen molar-refractivity contribution >= 4 is 34.3 Å². The zero-order valence-corrected chi connectivity index (χ0v) is 19.8. The van der Waals surface area contributed by atoms with Crippen molar-refractivity contribution in [2.75, 3.05) is 43.8 Å². The molecule has 0 radical (unpaired) electrons. The normalized spacial score (nSPS) is 15.6. The number of nitrogens with zero attached hydrogens (tertiary/aromatic N) is 3. The molecular formula is C24H28F3N5OS. The summed E-state index contributed by atoms with van der Waals surface area (Å²) in [5, 5.41) is 10.5. The maximum absolute atomic E-state index is 13.8. The van der Waals surface area contributed by atoms with Crippen LogP contribution in [0.15, 0.2) is 47.5 Å². The average Bonchev–Trinajstić information content (AvgIpc) is 3.28. The fourth-order valence-electron chi connectivity index (χ4n) is 4.05. The zero-order chi connectivity index (χ0) is 24.1. The summed E-state index contributed by atoms with van der Waals surface area (Å²) in [4.78, 5) is 17.7. The molecule has 1 fully saturated rings. The van der Waals surface area contributed by atoms with Crippen molar-refractivity contribution in [3.8, 4) is 0 Å². The Kier molecular flexibility index (Phi) is 7.80. The fourth-order valence-corrected chi connectivity index (χ4v) is 4.94. The van der Waals surface area contributed by atoms with Crippen LogP contribution in [0, 0.1) is 0 Å².